The maximum Gasteiger partial charge on any atom is 0.265 e. The van der Waals surface area contributed by atoms with E-state index in [9.17, 15) is 4.79 Å². The highest BCUT2D eigenvalue weighted by Gasteiger charge is 2.18. The number of benzene rings is 3. The van der Waals surface area contributed by atoms with Gasteiger partial charge >= 0.3 is 0 Å². The number of rotatable bonds is 8. The summed E-state index contributed by atoms with van der Waals surface area (Å²) >= 11 is 0. The highest BCUT2D eigenvalue weighted by atomic mass is 16.5. The molecular formula is C23H23NO4. The van der Waals surface area contributed by atoms with E-state index in [2.05, 4.69) is 0 Å². The van der Waals surface area contributed by atoms with Crippen LogP contribution in [-0.2, 0) is 11.3 Å². The lowest BCUT2D eigenvalue weighted by Gasteiger charge is -2.23. The molecule has 144 valence electrons. The number of ether oxygens (including phenoxy) is 3. The van der Waals surface area contributed by atoms with Crippen LogP contribution in [0.25, 0.3) is 0 Å². The molecule has 0 unspecified atom stereocenters. The lowest BCUT2D eigenvalue weighted by atomic mass is 10.2. The maximum atomic E-state index is 13.0. The zero-order chi connectivity index (χ0) is 19.8. The number of carbonyl (C=O) groups excluding carboxylic acids is 1. The van der Waals surface area contributed by atoms with E-state index < -0.39 is 0 Å². The summed E-state index contributed by atoms with van der Waals surface area (Å²) < 4.78 is 16.4. The molecule has 0 aliphatic rings. The molecule has 0 aliphatic carbocycles. The van der Waals surface area contributed by atoms with Gasteiger partial charge in [-0.3, -0.25) is 4.79 Å². The predicted molar refractivity (Wildman–Crippen MR) is 109 cm³/mol. The lowest BCUT2D eigenvalue weighted by molar-refractivity contribution is -0.120. The second-order valence-corrected chi connectivity index (χ2v) is 6.08. The van der Waals surface area contributed by atoms with Crippen LogP contribution in [0.4, 0.5) is 5.69 Å². The minimum atomic E-state index is -0.153. The molecule has 0 atom stereocenters. The largest absolute Gasteiger partial charge is 0.493 e. The summed E-state index contributed by atoms with van der Waals surface area (Å²) in [5, 5.41) is 0. The van der Waals surface area contributed by atoms with Crippen LogP contribution >= 0.6 is 0 Å². The topological polar surface area (TPSA) is 48.0 Å². The van der Waals surface area contributed by atoms with Crippen molar-refractivity contribution in [3.05, 3.63) is 84.4 Å². The fraction of sp³-hybridized carbons (Fsp3) is 0.174. The Hall–Kier alpha value is -3.47. The van der Waals surface area contributed by atoms with E-state index in [0.29, 0.717) is 23.8 Å². The molecule has 3 rings (SSSR count). The second kappa shape index (κ2) is 9.46. The van der Waals surface area contributed by atoms with E-state index >= 15 is 0 Å². The molecule has 0 aromatic heterocycles. The smallest absolute Gasteiger partial charge is 0.265 e. The van der Waals surface area contributed by atoms with E-state index in [0.717, 1.165) is 11.3 Å². The molecule has 0 bridgehead atoms. The standard InChI is InChI=1S/C23H23NO4/c1-26-20-14-9-15-21(23(20)27-2)28-17-22(25)24(19-12-7-4-8-13-19)16-18-10-5-3-6-11-18/h3-15H,16-17H2,1-2H3. The Morgan fingerprint density at radius 3 is 2.07 bits per heavy atom. The summed E-state index contributed by atoms with van der Waals surface area (Å²) in [6, 6.07) is 24.7. The average molecular weight is 377 g/mol. The molecular weight excluding hydrogens is 354 g/mol. The molecule has 0 radical (unpaired) electrons. The van der Waals surface area contributed by atoms with Crippen molar-refractivity contribution >= 4 is 11.6 Å². The quantitative estimate of drug-likeness (QED) is 0.587. The number of carbonyl (C=O) groups is 1. The number of anilines is 1. The molecule has 3 aromatic carbocycles. The van der Waals surface area contributed by atoms with Gasteiger partial charge in [0, 0.05) is 5.69 Å². The van der Waals surface area contributed by atoms with Gasteiger partial charge < -0.3 is 19.1 Å². The first-order chi connectivity index (χ1) is 13.7. The first-order valence-electron chi connectivity index (χ1n) is 8.96. The number of para-hydroxylation sites is 2. The van der Waals surface area contributed by atoms with Gasteiger partial charge in [-0.05, 0) is 29.8 Å². The van der Waals surface area contributed by atoms with Crippen LogP contribution in [-0.4, -0.2) is 26.7 Å². The number of nitrogens with zero attached hydrogens (tertiary/aromatic N) is 1. The van der Waals surface area contributed by atoms with E-state index in [1.165, 1.54) is 7.11 Å². The van der Waals surface area contributed by atoms with Gasteiger partial charge in [-0.1, -0.05) is 54.6 Å². The van der Waals surface area contributed by atoms with Crippen molar-refractivity contribution in [2.45, 2.75) is 6.54 Å². The first-order valence-corrected chi connectivity index (χ1v) is 8.96. The summed E-state index contributed by atoms with van der Waals surface area (Å²) in [5.41, 5.74) is 1.86. The number of hydrogen-bond donors (Lipinski definition) is 0. The van der Waals surface area contributed by atoms with E-state index in [-0.39, 0.29) is 12.5 Å². The van der Waals surface area contributed by atoms with Crippen molar-refractivity contribution in [1.82, 2.24) is 0 Å². The molecule has 0 fully saturated rings. The van der Waals surface area contributed by atoms with Crippen LogP contribution in [0.15, 0.2) is 78.9 Å². The molecule has 28 heavy (non-hydrogen) atoms. The van der Waals surface area contributed by atoms with Gasteiger partial charge in [0.2, 0.25) is 5.75 Å². The Labute approximate surface area is 165 Å². The van der Waals surface area contributed by atoms with Crippen LogP contribution < -0.4 is 19.1 Å². The minimum absolute atomic E-state index is 0.120. The highest BCUT2D eigenvalue weighted by Crippen LogP contribution is 2.36. The Kier molecular flexibility index (Phi) is 6.52. The summed E-state index contributed by atoms with van der Waals surface area (Å²) in [6.45, 7) is 0.341. The molecule has 0 heterocycles. The molecule has 5 nitrogen and oxygen atoms in total. The van der Waals surface area contributed by atoms with Crippen LogP contribution in [0, 0.1) is 0 Å². The van der Waals surface area contributed by atoms with Gasteiger partial charge in [0.05, 0.1) is 20.8 Å². The van der Waals surface area contributed by atoms with Gasteiger partial charge in [-0.2, -0.15) is 0 Å². The van der Waals surface area contributed by atoms with Crippen molar-refractivity contribution in [3.63, 3.8) is 0 Å². The molecule has 0 saturated heterocycles. The van der Waals surface area contributed by atoms with Crippen molar-refractivity contribution < 1.29 is 19.0 Å². The summed E-state index contributed by atoms with van der Waals surface area (Å²) in [7, 11) is 3.10. The highest BCUT2D eigenvalue weighted by molar-refractivity contribution is 5.94. The van der Waals surface area contributed by atoms with Crippen LogP contribution in [0.1, 0.15) is 5.56 Å². The predicted octanol–water partition coefficient (Wildman–Crippen LogP) is 4.32. The molecule has 1 amide bonds. The van der Waals surface area contributed by atoms with Crippen LogP contribution in [0.2, 0.25) is 0 Å². The first kappa shape index (κ1) is 19.3. The van der Waals surface area contributed by atoms with E-state index in [1.54, 1.807) is 30.2 Å². The van der Waals surface area contributed by atoms with E-state index in [4.69, 9.17) is 14.2 Å². The van der Waals surface area contributed by atoms with Crippen LogP contribution in [0.5, 0.6) is 17.2 Å². The molecule has 0 N–H and O–H groups in total. The monoisotopic (exact) mass is 377 g/mol. The van der Waals surface area contributed by atoms with Gasteiger partial charge in [-0.25, -0.2) is 0 Å². The third kappa shape index (κ3) is 4.62. The van der Waals surface area contributed by atoms with E-state index in [1.807, 2.05) is 60.7 Å². The molecule has 0 aliphatic heterocycles. The Balaban J connectivity index is 1.79. The van der Waals surface area contributed by atoms with Crippen molar-refractivity contribution in [3.8, 4) is 17.2 Å². The zero-order valence-electron chi connectivity index (χ0n) is 16.0. The number of methoxy groups -OCH3 is 2. The summed E-state index contributed by atoms with van der Waals surface area (Å²) in [6.07, 6.45) is 0. The van der Waals surface area contributed by atoms with Crippen molar-refractivity contribution in [2.75, 3.05) is 25.7 Å². The Morgan fingerprint density at radius 1 is 0.786 bits per heavy atom. The lowest BCUT2D eigenvalue weighted by Crippen LogP contribution is -2.34. The summed E-state index contributed by atoms with van der Waals surface area (Å²) in [5.74, 6) is 1.33. The minimum Gasteiger partial charge on any atom is -0.493 e. The van der Waals surface area contributed by atoms with Crippen molar-refractivity contribution in [1.29, 1.82) is 0 Å². The summed E-state index contributed by atoms with van der Waals surface area (Å²) in [4.78, 5) is 14.7. The molecule has 0 spiro atoms. The fourth-order valence-corrected chi connectivity index (χ4v) is 2.89. The number of hydrogen-bond acceptors (Lipinski definition) is 4. The number of amides is 1. The third-order valence-electron chi connectivity index (χ3n) is 4.27. The third-order valence-corrected chi connectivity index (χ3v) is 4.27. The molecule has 3 aromatic rings. The van der Waals surface area contributed by atoms with Crippen molar-refractivity contribution in [2.24, 2.45) is 0 Å². The SMILES string of the molecule is COc1cccc(OCC(=O)N(Cc2ccccc2)c2ccccc2)c1OC. The van der Waals surface area contributed by atoms with Gasteiger partial charge in [0.1, 0.15) is 0 Å². The maximum absolute atomic E-state index is 13.0. The van der Waals surface area contributed by atoms with Crippen LogP contribution in [0.3, 0.4) is 0 Å². The Morgan fingerprint density at radius 2 is 1.43 bits per heavy atom. The molecule has 5 heteroatoms. The van der Waals surface area contributed by atoms with Gasteiger partial charge in [-0.15, -0.1) is 0 Å². The van der Waals surface area contributed by atoms with Gasteiger partial charge in [0.15, 0.2) is 18.1 Å². The Bertz CT molecular complexity index is 897. The normalized spacial score (nSPS) is 10.2. The van der Waals surface area contributed by atoms with Gasteiger partial charge in [0.25, 0.3) is 5.91 Å². The fourth-order valence-electron chi connectivity index (χ4n) is 2.89. The second-order valence-electron chi connectivity index (χ2n) is 6.08. The zero-order valence-corrected chi connectivity index (χ0v) is 16.0. The molecule has 0 saturated carbocycles. The average Bonchev–Trinajstić information content (AvgIpc) is 2.76.